The molecule has 0 amide bonds. The van der Waals surface area contributed by atoms with Gasteiger partial charge in [-0.3, -0.25) is 4.79 Å². The average Bonchev–Trinajstić information content (AvgIpc) is 2.37. The summed E-state index contributed by atoms with van der Waals surface area (Å²) in [6.07, 6.45) is -4.15. The van der Waals surface area contributed by atoms with Gasteiger partial charge in [-0.1, -0.05) is 23.7 Å². The van der Waals surface area contributed by atoms with Crippen LogP contribution in [0.3, 0.4) is 0 Å². The maximum Gasteiger partial charge on any atom is 0.573 e. The van der Waals surface area contributed by atoms with Crippen molar-refractivity contribution in [2.45, 2.75) is 6.36 Å². The fourth-order valence-corrected chi connectivity index (χ4v) is 1.91. The lowest BCUT2D eigenvalue weighted by molar-refractivity contribution is -0.274. The van der Waals surface area contributed by atoms with Crippen LogP contribution < -0.4 is 4.74 Å². The van der Waals surface area contributed by atoms with Gasteiger partial charge < -0.3 is 4.74 Å². The van der Waals surface area contributed by atoms with Crippen LogP contribution in [0.4, 0.5) is 13.2 Å². The molecule has 104 valence electrons. The first-order chi connectivity index (χ1) is 9.39. The second-order valence-corrected chi connectivity index (χ2v) is 4.36. The molecule has 0 aliphatic rings. The Morgan fingerprint density at radius 2 is 1.85 bits per heavy atom. The molecule has 20 heavy (non-hydrogen) atoms. The van der Waals surface area contributed by atoms with Crippen molar-refractivity contribution in [2.75, 3.05) is 0 Å². The molecule has 2 rings (SSSR count). The van der Waals surface area contributed by atoms with Crippen LogP contribution in [0.5, 0.6) is 5.75 Å². The topological polar surface area (TPSA) is 26.3 Å². The second-order valence-electron chi connectivity index (χ2n) is 3.93. The van der Waals surface area contributed by atoms with E-state index in [9.17, 15) is 18.0 Å². The molecule has 0 saturated heterocycles. The molecule has 0 radical (unpaired) electrons. The third kappa shape index (κ3) is 3.51. The van der Waals surface area contributed by atoms with Gasteiger partial charge in [0, 0.05) is 10.6 Å². The normalized spacial score (nSPS) is 11.2. The minimum atomic E-state index is -4.76. The molecule has 0 heterocycles. The second kappa shape index (κ2) is 5.54. The minimum absolute atomic E-state index is 0.332. The minimum Gasteiger partial charge on any atom is -0.406 e. The van der Waals surface area contributed by atoms with Crippen LogP contribution in [-0.4, -0.2) is 12.6 Å². The summed E-state index contributed by atoms with van der Waals surface area (Å²) in [4.78, 5) is 11.0. The molecule has 0 spiro atoms. The lowest BCUT2D eigenvalue weighted by Gasteiger charge is -2.11. The molecule has 0 bridgehead atoms. The number of aldehydes is 1. The Balaban J connectivity index is 2.46. The summed E-state index contributed by atoms with van der Waals surface area (Å²) in [7, 11) is 0. The zero-order chi connectivity index (χ0) is 14.8. The Morgan fingerprint density at radius 1 is 1.10 bits per heavy atom. The van der Waals surface area contributed by atoms with Crippen LogP contribution in [0.15, 0.2) is 42.5 Å². The Hall–Kier alpha value is -2.01. The number of hydrogen-bond acceptors (Lipinski definition) is 2. The van der Waals surface area contributed by atoms with Gasteiger partial charge >= 0.3 is 6.36 Å². The Labute approximate surface area is 117 Å². The van der Waals surface area contributed by atoms with Gasteiger partial charge in [0.05, 0.1) is 0 Å². The van der Waals surface area contributed by atoms with Crippen molar-refractivity contribution < 1.29 is 22.7 Å². The number of rotatable bonds is 3. The summed E-state index contributed by atoms with van der Waals surface area (Å²) in [5.74, 6) is -0.355. The number of hydrogen-bond donors (Lipinski definition) is 0. The summed E-state index contributed by atoms with van der Waals surface area (Å²) in [5.41, 5.74) is 1.19. The predicted octanol–water partition coefficient (Wildman–Crippen LogP) is 4.72. The van der Waals surface area contributed by atoms with Gasteiger partial charge in [-0.15, -0.1) is 13.2 Å². The van der Waals surface area contributed by atoms with E-state index < -0.39 is 6.36 Å². The molecule has 0 atom stereocenters. The zero-order valence-corrected chi connectivity index (χ0v) is 10.7. The van der Waals surface area contributed by atoms with Crippen molar-refractivity contribution in [3.8, 4) is 16.9 Å². The summed E-state index contributed by atoms with van der Waals surface area (Å²) in [5, 5.41) is 0.382. The maximum atomic E-state index is 12.2. The molecule has 2 aromatic rings. The molecular weight excluding hydrogens is 293 g/mol. The van der Waals surface area contributed by atoms with Crippen molar-refractivity contribution in [3.63, 3.8) is 0 Å². The van der Waals surface area contributed by atoms with Crippen molar-refractivity contribution in [1.29, 1.82) is 0 Å². The first-order valence-electron chi connectivity index (χ1n) is 5.50. The number of benzene rings is 2. The van der Waals surface area contributed by atoms with Gasteiger partial charge in [0.1, 0.15) is 5.75 Å². The molecule has 6 heteroatoms. The zero-order valence-electron chi connectivity index (χ0n) is 9.95. The monoisotopic (exact) mass is 300 g/mol. The fourth-order valence-electron chi connectivity index (χ4n) is 1.74. The van der Waals surface area contributed by atoms with Gasteiger partial charge in [-0.25, -0.2) is 0 Å². The molecular formula is C14H8ClF3O2. The van der Waals surface area contributed by atoms with E-state index in [-0.39, 0.29) is 5.75 Å². The van der Waals surface area contributed by atoms with Gasteiger partial charge in [0.15, 0.2) is 6.29 Å². The third-order valence-electron chi connectivity index (χ3n) is 2.52. The highest BCUT2D eigenvalue weighted by atomic mass is 35.5. The number of ether oxygens (including phenoxy) is 1. The van der Waals surface area contributed by atoms with Gasteiger partial charge in [0.25, 0.3) is 0 Å². The Kier molecular flexibility index (Phi) is 3.99. The van der Waals surface area contributed by atoms with Crippen LogP contribution in [0, 0.1) is 0 Å². The van der Waals surface area contributed by atoms with Crippen molar-refractivity contribution >= 4 is 17.9 Å². The highest BCUT2D eigenvalue weighted by Crippen LogP contribution is 2.30. The van der Waals surface area contributed by atoms with E-state index in [0.717, 1.165) is 0 Å². The van der Waals surface area contributed by atoms with Crippen LogP contribution in [0.2, 0.25) is 5.02 Å². The Bertz CT molecular complexity index is 639. The maximum absolute atomic E-state index is 12.2. The highest BCUT2D eigenvalue weighted by molar-refractivity contribution is 6.31. The van der Waals surface area contributed by atoms with E-state index in [2.05, 4.69) is 4.74 Å². The smallest absolute Gasteiger partial charge is 0.406 e. The average molecular weight is 301 g/mol. The van der Waals surface area contributed by atoms with E-state index in [1.165, 1.54) is 36.4 Å². The van der Waals surface area contributed by atoms with Gasteiger partial charge in [-0.05, 0) is 41.5 Å². The molecule has 2 aromatic carbocycles. The van der Waals surface area contributed by atoms with E-state index >= 15 is 0 Å². The summed E-state index contributed by atoms with van der Waals surface area (Å²) < 4.78 is 40.4. The molecule has 0 saturated carbocycles. The molecule has 0 unspecified atom stereocenters. The quantitative estimate of drug-likeness (QED) is 0.767. The molecule has 0 aliphatic heterocycles. The van der Waals surface area contributed by atoms with Crippen molar-refractivity contribution in [2.24, 2.45) is 0 Å². The largest absolute Gasteiger partial charge is 0.573 e. The van der Waals surface area contributed by atoms with Crippen LogP contribution in [0.1, 0.15) is 10.4 Å². The van der Waals surface area contributed by atoms with Gasteiger partial charge in [0.2, 0.25) is 0 Å². The van der Waals surface area contributed by atoms with Crippen LogP contribution in [-0.2, 0) is 0 Å². The van der Waals surface area contributed by atoms with E-state index in [4.69, 9.17) is 11.6 Å². The fraction of sp³-hybridized carbons (Fsp3) is 0.0714. The summed E-state index contributed by atoms with van der Waals surface area (Å²) >= 11 is 5.84. The van der Waals surface area contributed by atoms with E-state index in [1.807, 2.05) is 0 Å². The van der Waals surface area contributed by atoms with Crippen molar-refractivity contribution in [1.82, 2.24) is 0 Å². The first kappa shape index (κ1) is 14.4. The number of halogens is 4. The summed E-state index contributed by atoms with van der Waals surface area (Å²) in [6, 6.07) is 9.91. The standard InChI is InChI=1S/C14H8ClF3O2/c15-11-5-4-10(8-19)13(7-11)9-2-1-3-12(6-9)20-14(16,17)18/h1-8H. The van der Waals surface area contributed by atoms with Crippen LogP contribution in [0.25, 0.3) is 11.1 Å². The number of carbonyl (C=O) groups excluding carboxylic acids is 1. The number of alkyl halides is 3. The predicted molar refractivity (Wildman–Crippen MR) is 69.0 cm³/mol. The SMILES string of the molecule is O=Cc1ccc(Cl)cc1-c1cccc(OC(F)(F)F)c1. The van der Waals surface area contributed by atoms with Crippen molar-refractivity contribution in [3.05, 3.63) is 53.1 Å². The lowest BCUT2D eigenvalue weighted by Crippen LogP contribution is -2.17. The lowest BCUT2D eigenvalue weighted by atomic mass is 10.0. The Morgan fingerprint density at radius 3 is 2.50 bits per heavy atom. The molecule has 0 aromatic heterocycles. The molecule has 0 fully saturated rings. The van der Waals surface area contributed by atoms with E-state index in [1.54, 1.807) is 6.07 Å². The van der Waals surface area contributed by atoms with E-state index in [0.29, 0.717) is 28.0 Å². The first-order valence-corrected chi connectivity index (χ1v) is 5.88. The molecule has 0 aliphatic carbocycles. The molecule has 0 N–H and O–H groups in total. The summed E-state index contributed by atoms with van der Waals surface area (Å²) in [6.45, 7) is 0. The van der Waals surface area contributed by atoms with Gasteiger partial charge in [-0.2, -0.15) is 0 Å². The number of carbonyl (C=O) groups is 1. The highest BCUT2D eigenvalue weighted by Gasteiger charge is 2.31. The van der Waals surface area contributed by atoms with Crippen LogP contribution >= 0.6 is 11.6 Å². The third-order valence-corrected chi connectivity index (χ3v) is 2.76. The molecule has 2 nitrogen and oxygen atoms in total.